The Hall–Kier alpha value is -6.50. The topological polar surface area (TPSA) is 192 Å². The molecular weight excluding hydrogens is 769 g/mol. The first-order valence-corrected chi connectivity index (χ1v) is 19.7. The van der Waals surface area contributed by atoms with Crippen LogP contribution in [0.3, 0.4) is 0 Å². The molecule has 4 atom stereocenters. The zero-order valence-corrected chi connectivity index (χ0v) is 31.8. The van der Waals surface area contributed by atoms with Crippen molar-refractivity contribution in [1.29, 1.82) is 0 Å². The number of anilines is 4. The molecule has 19 heteroatoms. The molecule has 4 N–H and O–H groups in total. The Kier molecular flexibility index (Phi) is 11.7. The lowest BCUT2D eigenvalue weighted by Gasteiger charge is -2.16. The van der Waals surface area contributed by atoms with E-state index in [0.29, 0.717) is 46.4 Å². The fraction of sp³-hybridized carbons (Fsp3) is 0.308. The van der Waals surface area contributed by atoms with E-state index < -0.39 is 6.61 Å². The number of hydrogen-bond acceptors (Lipinski definition) is 15. The minimum Gasteiger partial charge on any atom is -0.432 e. The SMILES string of the molecule is O=c1ccccn1-c1cnc(N[C@H]2CC[C@H](Nc3ncc(SCc4cccn(-c5ccc(N[C@H]6CC[C@H](Nc7ncc(OC(F)F)cn7)C6)nc5)c4=O)cn3)C2)nc1. The quantitative estimate of drug-likeness (QED) is 0.0946. The van der Waals surface area contributed by atoms with Crippen molar-refractivity contribution in [3.05, 3.63) is 125 Å². The molecule has 16 nitrogen and oxygen atoms in total. The standard InChI is InChI=1S/C39H39F2N13O3S/c40-36(41)57-31-19-45-38(46-20-31)51-26-7-6-25(14-26)49-33-11-10-29(16-42-33)54-13-3-4-24(35(54)56)23-58-32-21-47-39(48-22-32)52-28-9-8-27(15-28)50-37-43-17-30(18-44-37)53-12-2-1-5-34(53)55/h1-5,10-13,16-22,25-28,36H,6-9,14-15,23H2,(H,42,49)(H,43,44,50)(H,45,46,51)(H,47,48,52)/t25-,26-,27-,28-/m0/s1. The summed E-state index contributed by atoms with van der Waals surface area (Å²) in [6.07, 6.45) is 19.6. The van der Waals surface area contributed by atoms with Gasteiger partial charge in [0.25, 0.3) is 11.1 Å². The van der Waals surface area contributed by atoms with Crippen molar-refractivity contribution in [2.75, 3.05) is 21.3 Å². The maximum Gasteiger partial charge on any atom is 0.387 e. The highest BCUT2D eigenvalue weighted by Gasteiger charge is 2.27. The molecular formula is C39H39F2N13O3S. The minimum absolute atomic E-state index is 0.0924. The van der Waals surface area contributed by atoms with Crippen LogP contribution < -0.4 is 37.1 Å². The molecule has 6 aromatic heterocycles. The summed E-state index contributed by atoms with van der Waals surface area (Å²) in [4.78, 5) is 57.0. The van der Waals surface area contributed by atoms with Crippen LogP contribution in [0.1, 0.15) is 44.1 Å². The van der Waals surface area contributed by atoms with E-state index in [1.165, 1.54) is 34.8 Å². The Balaban J connectivity index is 0.784. The van der Waals surface area contributed by atoms with Gasteiger partial charge in [-0.3, -0.25) is 18.7 Å². The van der Waals surface area contributed by atoms with Gasteiger partial charge in [0.2, 0.25) is 17.8 Å². The van der Waals surface area contributed by atoms with Crippen molar-refractivity contribution in [3.8, 4) is 17.1 Å². The lowest BCUT2D eigenvalue weighted by molar-refractivity contribution is -0.0503. The molecule has 2 saturated carbocycles. The lowest BCUT2D eigenvalue weighted by atomic mass is 10.2. The van der Waals surface area contributed by atoms with Gasteiger partial charge in [0.05, 0.1) is 42.4 Å². The van der Waals surface area contributed by atoms with Crippen LogP contribution in [0.5, 0.6) is 5.75 Å². The molecule has 58 heavy (non-hydrogen) atoms. The van der Waals surface area contributed by atoms with Crippen LogP contribution >= 0.6 is 11.8 Å². The van der Waals surface area contributed by atoms with E-state index in [9.17, 15) is 18.4 Å². The van der Waals surface area contributed by atoms with Crippen molar-refractivity contribution in [2.24, 2.45) is 0 Å². The molecule has 0 spiro atoms. The first-order valence-electron chi connectivity index (χ1n) is 18.8. The predicted molar refractivity (Wildman–Crippen MR) is 215 cm³/mol. The first kappa shape index (κ1) is 38.4. The van der Waals surface area contributed by atoms with Crippen LogP contribution in [0.4, 0.5) is 32.4 Å². The number of hydrogen-bond donors (Lipinski definition) is 4. The molecule has 298 valence electrons. The van der Waals surface area contributed by atoms with Crippen molar-refractivity contribution in [1.82, 2.24) is 44.0 Å². The normalized spacial score (nSPS) is 18.9. The molecule has 2 aliphatic rings. The second-order valence-corrected chi connectivity index (χ2v) is 15.0. The summed E-state index contributed by atoms with van der Waals surface area (Å²) in [5.74, 6) is 2.46. The highest BCUT2D eigenvalue weighted by molar-refractivity contribution is 7.98. The Morgan fingerprint density at radius 2 is 1.21 bits per heavy atom. The summed E-state index contributed by atoms with van der Waals surface area (Å²) in [6.45, 7) is -2.93. The van der Waals surface area contributed by atoms with Crippen LogP contribution in [0.25, 0.3) is 11.4 Å². The first-order chi connectivity index (χ1) is 28.3. The van der Waals surface area contributed by atoms with Crippen LogP contribution in [-0.2, 0) is 5.75 Å². The smallest absolute Gasteiger partial charge is 0.387 e. The molecule has 0 unspecified atom stereocenters. The lowest BCUT2D eigenvalue weighted by Crippen LogP contribution is -2.23. The van der Waals surface area contributed by atoms with E-state index in [1.54, 1.807) is 60.1 Å². The van der Waals surface area contributed by atoms with Crippen molar-refractivity contribution < 1.29 is 13.5 Å². The highest BCUT2D eigenvalue weighted by atomic mass is 32.2. The zero-order chi connectivity index (χ0) is 39.8. The fourth-order valence-electron chi connectivity index (χ4n) is 7.05. The summed E-state index contributed by atoms with van der Waals surface area (Å²) in [6, 6.07) is 13.0. The second kappa shape index (κ2) is 17.7. The molecule has 6 aromatic rings. The Labute approximate surface area is 335 Å². The summed E-state index contributed by atoms with van der Waals surface area (Å²) >= 11 is 1.49. The van der Waals surface area contributed by atoms with Crippen LogP contribution in [0, 0.1) is 0 Å². The average molecular weight is 808 g/mol. The van der Waals surface area contributed by atoms with Crippen LogP contribution in [0.15, 0.2) is 113 Å². The molecule has 6 heterocycles. The molecule has 0 amide bonds. The monoisotopic (exact) mass is 807 g/mol. The number of thioether (sulfide) groups is 1. The summed E-state index contributed by atoms with van der Waals surface area (Å²) < 4.78 is 32.2. The average Bonchev–Trinajstić information content (AvgIpc) is 3.88. The van der Waals surface area contributed by atoms with Gasteiger partial charge < -0.3 is 26.0 Å². The van der Waals surface area contributed by atoms with Gasteiger partial charge in [0, 0.05) is 71.2 Å². The Morgan fingerprint density at radius 3 is 1.79 bits per heavy atom. The van der Waals surface area contributed by atoms with Crippen molar-refractivity contribution >= 4 is 35.4 Å². The van der Waals surface area contributed by atoms with Gasteiger partial charge in [-0.1, -0.05) is 12.1 Å². The van der Waals surface area contributed by atoms with E-state index in [0.717, 1.165) is 43.4 Å². The molecule has 0 aromatic carbocycles. The minimum atomic E-state index is -2.93. The maximum atomic E-state index is 13.5. The molecule has 0 bridgehead atoms. The third-order valence-corrected chi connectivity index (χ3v) is 10.9. The van der Waals surface area contributed by atoms with E-state index in [2.05, 4.69) is 60.9 Å². The van der Waals surface area contributed by atoms with E-state index in [4.69, 9.17) is 0 Å². The van der Waals surface area contributed by atoms with Gasteiger partial charge in [-0.2, -0.15) is 8.78 Å². The third-order valence-electron chi connectivity index (χ3n) is 9.88. The predicted octanol–water partition coefficient (Wildman–Crippen LogP) is 5.54. The van der Waals surface area contributed by atoms with Gasteiger partial charge >= 0.3 is 6.61 Å². The van der Waals surface area contributed by atoms with Crippen LogP contribution in [-0.4, -0.2) is 74.8 Å². The molecule has 0 saturated heterocycles. The van der Waals surface area contributed by atoms with E-state index in [-0.39, 0.29) is 41.0 Å². The summed E-state index contributed by atoms with van der Waals surface area (Å²) in [5, 5.41) is 13.5. The number of pyridine rings is 3. The van der Waals surface area contributed by atoms with E-state index in [1.807, 2.05) is 24.3 Å². The van der Waals surface area contributed by atoms with E-state index >= 15 is 0 Å². The number of rotatable bonds is 15. The van der Waals surface area contributed by atoms with Crippen LogP contribution in [0.2, 0.25) is 0 Å². The second-order valence-electron chi connectivity index (χ2n) is 13.9. The van der Waals surface area contributed by atoms with Gasteiger partial charge in [-0.05, 0) is 62.8 Å². The van der Waals surface area contributed by atoms with Crippen molar-refractivity contribution in [3.63, 3.8) is 0 Å². The third kappa shape index (κ3) is 9.71. The molecule has 2 fully saturated rings. The largest absolute Gasteiger partial charge is 0.432 e. The van der Waals surface area contributed by atoms with Gasteiger partial charge in [-0.15, -0.1) is 11.8 Å². The zero-order valence-electron chi connectivity index (χ0n) is 31.0. The molecule has 8 rings (SSSR count). The van der Waals surface area contributed by atoms with Crippen molar-refractivity contribution in [2.45, 2.75) is 80.0 Å². The number of halogens is 2. The maximum absolute atomic E-state index is 13.5. The number of ether oxygens (including phenoxy) is 1. The Bertz CT molecular complexity index is 2400. The summed E-state index contributed by atoms with van der Waals surface area (Å²) in [7, 11) is 0. The fourth-order valence-corrected chi connectivity index (χ4v) is 7.85. The highest BCUT2D eigenvalue weighted by Crippen LogP contribution is 2.27. The number of nitrogens with zero attached hydrogens (tertiary/aromatic N) is 9. The van der Waals surface area contributed by atoms with Gasteiger partial charge in [0.1, 0.15) is 5.82 Å². The number of aromatic nitrogens is 9. The molecule has 0 aliphatic heterocycles. The number of alkyl halides is 2. The Morgan fingerprint density at radius 1 is 0.638 bits per heavy atom. The molecule has 0 radical (unpaired) electrons. The summed E-state index contributed by atoms with van der Waals surface area (Å²) in [5.41, 5.74) is 1.62. The van der Waals surface area contributed by atoms with Gasteiger partial charge in [0.15, 0.2) is 5.75 Å². The number of nitrogens with one attached hydrogen (secondary N) is 4. The molecule has 2 aliphatic carbocycles. The van der Waals surface area contributed by atoms with Gasteiger partial charge in [-0.25, -0.2) is 34.9 Å².